The molecule has 2 aliphatic heterocycles. The Morgan fingerprint density at radius 1 is 0.584 bits per heavy atom. The van der Waals surface area contributed by atoms with Gasteiger partial charge in [-0.3, -0.25) is 38.4 Å². The van der Waals surface area contributed by atoms with E-state index in [2.05, 4.69) is 41.5 Å². The van der Waals surface area contributed by atoms with Crippen LogP contribution in [-0.4, -0.2) is 142 Å². The number of carbonyl (C=O) groups is 9. The first-order chi connectivity index (χ1) is 35.8. The number of esters is 8. The molecule has 0 unspecified atom stereocenters. The maximum Gasteiger partial charge on any atom is 0.339 e. The van der Waals surface area contributed by atoms with Crippen molar-refractivity contribution >= 4 is 53.5 Å². The average molecular weight is 1090 g/mol. The molecule has 4 saturated carbocycles. The monoisotopic (exact) mass is 1090 g/mol. The smallest absolute Gasteiger partial charge is 0.339 e. The van der Waals surface area contributed by atoms with Crippen LogP contribution < -0.4 is 0 Å². The van der Waals surface area contributed by atoms with Gasteiger partial charge in [-0.15, -0.1) is 0 Å². The van der Waals surface area contributed by atoms with Gasteiger partial charge in [0.25, 0.3) is 0 Å². The highest BCUT2D eigenvalue weighted by Gasteiger charge is 2.71. The number of methoxy groups -OCH3 is 2. The molecular formula is C56H80O21. The summed E-state index contributed by atoms with van der Waals surface area (Å²) in [7, 11) is 2.46. The van der Waals surface area contributed by atoms with E-state index in [1.165, 1.54) is 7.11 Å². The largest absolute Gasteiger partial charge is 0.469 e. The summed E-state index contributed by atoms with van der Waals surface area (Å²) >= 11 is 0. The van der Waals surface area contributed by atoms with Crippen molar-refractivity contribution in [2.75, 3.05) is 20.8 Å². The first-order valence-corrected chi connectivity index (χ1v) is 26.8. The van der Waals surface area contributed by atoms with Gasteiger partial charge in [-0.2, -0.15) is 0 Å². The van der Waals surface area contributed by atoms with Gasteiger partial charge in [0.2, 0.25) is 6.29 Å². The Morgan fingerprint density at radius 2 is 1.13 bits per heavy atom. The molecule has 19 atom stereocenters. The fraction of sp³-hybridized carbons (Fsp3) is 0.804. The van der Waals surface area contributed by atoms with Crippen LogP contribution in [0, 0.1) is 50.2 Å². The van der Waals surface area contributed by atoms with Crippen LogP contribution in [0.2, 0.25) is 0 Å². The summed E-state index contributed by atoms with van der Waals surface area (Å²) in [6.45, 7) is 21.2. The summed E-state index contributed by atoms with van der Waals surface area (Å²) in [6, 6.07) is 0. The molecule has 2 saturated heterocycles. The molecule has 430 valence electrons. The van der Waals surface area contributed by atoms with E-state index >= 15 is 4.79 Å². The predicted molar refractivity (Wildman–Crippen MR) is 265 cm³/mol. The molecule has 21 heteroatoms. The second-order valence-corrected chi connectivity index (χ2v) is 24.5. The van der Waals surface area contributed by atoms with Crippen molar-refractivity contribution in [1.82, 2.24) is 0 Å². The van der Waals surface area contributed by atoms with Crippen LogP contribution >= 0.6 is 0 Å². The summed E-state index contributed by atoms with van der Waals surface area (Å²) < 4.78 is 70.8. The Balaban J connectivity index is 1.28. The van der Waals surface area contributed by atoms with Gasteiger partial charge in [0, 0.05) is 47.5 Å². The van der Waals surface area contributed by atoms with Crippen molar-refractivity contribution in [3.05, 3.63) is 11.6 Å². The molecule has 0 aromatic heterocycles. The Bertz CT molecular complexity index is 2400. The lowest BCUT2D eigenvalue weighted by Gasteiger charge is -2.70. The average Bonchev–Trinajstić information content (AvgIpc) is 3.36. The minimum absolute atomic E-state index is 0.0241. The summed E-state index contributed by atoms with van der Waals surface area (Å²) in [5, 5.41) is 0. The second-order valence-electron chi connectivity index (χ2n) is 24.5. The maximum absolute atomic E-state index is 15.3. The van der Waals surface area contributed by atoms with Gasteiger partial charge in [0.1, 0.15) is 12.7 Å². The molecule has 2 heterocycles. The van der Waals surface area contributed by atoms with E-state index in [0.29, 0.717) is 19.3 Å². The standard InChI is InChI=1S/C56H80O21/c1-27(57)68-26-36-39(69-28(2)58)40(70-29(3)59)45(77-49-44(73-32(6)62)42(72-31(5)61)41(71-30(4)60)43(76-49)47(64)66-14)48(74-36)75-38-17-18-54(11)37(51(38,7)8)16-19-56(13)46(54)35(63)24-33-34-25-53(10,50(65)67-15)21-20-52(34,9)22-23-55(33,56)12/h24,34,36-46,48-49H,16-23,25-26H2,1-15H3/t34-,36-,37+,38+,39-,40+,41-,42+,43+,44-,45-,46-,48+,49+,52-,53+,54+,55-,56-/m1/s1. The van der Waals surface area contributed by atoms with Crippen LogP contribution in [0.25, 0.3) is 0 Å². The van der Waals surface area contributed by atoms with Crippen LogP contribution in [0.15, 0.2) is 11.6 Å². The van der Waals surface area contributed by atoms with E-state index < -0.39 is 138 Å². The number of ether oxygens (including phenoxy) is 12. The predicted octanol–water partition coefficient (Wildman–Crippen LogP) is 5.75. The maximum atomic E-state index is 15.3. The zero-order valence-corrected chi connectivity index (χ0v) is 47.3. The van der Waals surface area contributed by atoms with Gasteiger partial charge in [0.05, 0.1) is 25.7 Å². The highest BCUT2D eigenvalue weighted by atomic mass is 16.8. The summed E-state index contributed by atoms with van der Waals surface area (Å²) in [5.74, 6) is -7.02. The lowest BCUT2D eigenvalue weighted by atomic mass is 9.33. The van der Waals surface area contributed by atoms with Crippen molar-refractivity contribution in [3.63, 3.8) is 0 Å². The molecule has 0 amide bonds. The minimum atomic E-state index is -1.96. The quantitative estimate of drug-likeness (QED) is 0.121. The highest BCUT2D eigenvalue weighted by Crippen LogP contribution is 2.75. The van der Waals surface area contributed by atoms with E-state index in [0.717, 1.165) is 92.8 Å². The fourth-order valence-electron chi connectivity index (χ4n) is 15.5. The number of rotatable bonds is 13. The SMILES string of the molecule is COC(=O)[C@H]1O[C@@H](O[C@H]2[C@H](O[C@H]3CC[C@]4(C)[C@H]5C(=O)C=C6[C@H]7C[C@@](C)(C(=O)OC)CC[C@]7(C)CC[C@@]6(C)[C@]5(C)CC[C@H]4C3(C)C)O[C@H](COC(C)=O)[C@@H](OC(C)=O)[C@@H]2OC(C)=O)[C@H](OC(C)=O)[C@@H](OC(C)=O)[C@H]1OC(C)=O. The van der Waals surface area contributed by atoms with Crippen LogP contribution in [0.1, 0.15) is 148 Å². The first kappa shape index (κ1) is 59.7. The zero-order chi connectivity index (χ0) is 57.1. The van der Waals surface area contributed by atoms with Crippen molar-refractivity contribution in [3.8, 4) is 0 Å². The molecule has 0 aromatic rings. The third-order valence-corrected chi connectivity index (χ3v) is 19.3. The minimum Gasteiger partial charge on any atom is -0.469 e. The Morgan fingerprint density at radius 3 is 1.70 bits per heavy atom. The molecule has 0 bridgehead atoms. The van der Waals surface area contributed by atoms with Crippen molar-refractivity contribution in [2.24, 2.45) is 50.2 Å². The molecule has 21 nitrogen and oxygen atoms in total. The molecule has 0 spiro atoms. The lowest BCUT2D eigenvalue weighted by Crippen LogP contribution is -2.69. The van der Waals surface area contributed by atoms with E-state index in [1.54, 1.807) is 0 Å². The Hall–Kier alpha value is -4.99. The van der Waals surface area contributed by atoms with Gasteiger partial charge < -0.3 is 56.8 Å². The van der Waals surface area contributed by atoms with E-state index in [1.807, 2.05) is 13.0 Å². The van der Waals surface area contributed by atoms with Gasteiger partial charge in [-0.25, -0.2) is 4.79 Å². The first-order valence-electron chi connectivity index (χ1n) is 26.8. The molecule has 0 N–H and O–H groups in total. The van der Waals surface area contributed by atoms with E-state index in [-0.39, 0.29) is 40.3 Å². The number of hydrogen-bond donors (Lipinski definition) is 0. The molecule has 5 aliphatic carbocycles. The summed E-state index contributed by atoms with van der Waals surface area (Å²) in [6.07, 6.45) is -9.51. The molecule has 6 fully saturated rings. The lowest BCUT2D eigenvalue weighted by molar-refractivity contribution is -0.376. The second kappa shape index (κ2) is 21.9. The van der Waals surface area contributed by atoms with Crippen LogP contribution in [0.4, 0.5) is 0 Å². The molecule has 77 heavy (non-hydrogen) atoms. The zero-order valence-electron chi connectivity index (χ0n) is 47.3. The number of fused-ring (bicyclic) bond motifs is 7. The van der Waals surface area contributed by atoms with Gasteiger partial charge in [-0.05, 0) is 110 Å². The van der Waals surface area contributed by atoms with Crippen LogP contribution in [0.3, 0.4) is 0 Å². The molecular weight excluding hydrogens is 1010 g/mol. The molecule has 7 aliphatic rings. The number of carbonyl (C=O) groups excluding carboxylic acids is 9. The van der Waals surface area contributed by atoms with Crippen molar-refractivity contribution in [1.29, 1.82) is 0 Å². The van der Waals surface area contributed by atoms with Gasteiger partial charge >= 0.3 is 47.8 Å². The molecule has 0 aromatic carbocycles. The third kappa shape index (κ3) is 10.9. The Kier molecular flexibility index (Phi) is 17.0. The third-order valence-electron chi connectivity index (χ3n) is 19.3. The van der Waals surface area contributed by atoms with Crippen LogP contribution in [-0.2, 0) is 100.0 Å². The van der Waals surface area contributed by atoms with E-state index in [4.69, 9.17) is 56.8 Å². The molecule has 7 rings (SSSR count). The highest BCUT2D eigenvalue weighted by molar-refractivity contribution is 5.96. The van der Waals surface area contributed by atoms with Crippen LogP contribution in [0.5, 0.6) is 0 Å². The topological polar surface area (TPSA) is 264 Å². The van der Waals surface area contributed by atoms with Gasteiger partial charge in [0.15, 0.2) is 54.8 Å². The van der Waals surface area contributed by atoms with E-state index in [9.17, 15) is 38.4 Å². The number of ketones is 1. The fourth-order valence-corrected chi connectivity index (χ4v) is 15.5. The Labute approximate surface area is 450 Å². The normalized spacial score (nSPS) is 41.9. The number of hydrogen-bond acceptors (Lipinski definition) is 21. The van der Waals surface area contributed by atoms with Crippen molar-refractivity contribution < 1.29 is 100.0 Å². The summed E-state index contributed by atoms with van der Waals surface area (Å²) in [4.78, 5) is 119. The summed E-state index contributed by atoms with van der Waals surface area (Å²) in [5.41, 5.74) is -1.67. The molecule has 0 radical (unpaired) electrons. The van der Waals surface area contributed by atoms with Crippen molar-refractivity contribution in [2.45, 2.75) is 215 Å². The number of allylic oxidation sites excluding steroid dienone is 2. The van der Waals surface area contributed by atoms with Gasteiger partial charge in [-0.1, -0.05) is 47.1 Å².